The fourth-order valence-corrected chi connectivity index (χ4v) is 3.01. The predicted molar refractivity (Wildman–Crippen MR) is 72.7 cm³/mol. The van der Waals surface area contributed by atoms with Crippen LogP contribution in [0.1, 0.15) is 0 Å². The van der Waals surface area contributed by atoms with Crippen molar-refractivity contribution in [3.05, 3.63) is 34.4 Å². The van der Waals surface area contributed by atoms with Crippen LogP contribution in [0.5, 0.6) is 0 Å². The summed E-state index contributed by atoms with van der Waals surface area (Å²) in [6, 6.07) is 5.60. The molecule has 0 radical (unpaired) electrons. The van der Waals surface area contributed by atoms with Gasteiger partial charge in [-0.05, 0) is 12.1 Å². The number of nitro benzene ring substituents is 1. The van der Waals surface area contributed by atoms with Crippen LogP contribution in [-0.4, -0.2) is 61.8 Å². The molecule has 1 aromatic carbocycles. The maximum Gasteiger partial charge on any atom is 0.269 e. The van der Waals surface area contributed by atoms with Gasteiger partial charge in [0.15, 0.2) is 0 Å². The van der Waals surface area contributed by atoms with Gasteiger partial charge in [0.05, 0.1) is 11.5 Å². The molecule has 8 nitrogen and oxygen atoms in total. The normalized spacial score (nSPS) is 32.9. The second-order valence-corrected chi connectivity index (χ2v) is 5.74. The van der Waals surface area contributed by atoms with Crippen LogP contribution >= 0.6 is 11.8 Å². The molecule has 9 heteroatoms. The Bertz CT molecular complexity index is 495. The lowest BCUT2D eigenvalue weighted by atomic mass is 10.0. The van der Waals surface area contributed by atoms with Crippen molar-refractivity contribution in [3.63, 3.8) is 0 Å². The Morgan fingerprint density at radius 1 is 1.14 bits per heavy atom. The lowest BCUT2D eigenvalue weighted by molar-refractivity contribution is -0.384. The van der Waals surface area contributed by atoms with E-state index in [-0.39, 0.29) is 5.69 Å². The first-order chi connectivity index (χ1) is 9.93. The Hall–Kier alpha value is -1.23. The van der Waals surface area contributed by atoms with Gasteiger partial charge in [-0.25, -0.2) is 0 Å². The van der Waals surface area contributed by atoms with Gasteiger partial charge >= 0.3 is 0 Å². The Labute approximate surface area is 124 Å². The third kappa shape index (κ3) is 3.51. The number of ether oxygens (including phenoxy) is 1. The minimum absolute atomic E-state index is 0.0619. The van der Waals surface area contributed by atoms with E-state index in [0.717, 1.165) is 11.8 Å². The van der Waals surface area contributed by atoms with Gasteiger partial charge in [0.1, 0.15) is 29.9 Å². The quantitative estimate of drug-likeness (QED) is 0.431. The first kappa shape index (κ1) is 16.1. The fraction of sp³-hybridized carbons (Fsp3) is 0.500. The summed E-state index contributed by atoms with van der Waals surface area (Å²) < 4.78 is 5.33. The van der Waals surface area contributed by atoms with E-state index in [4.69, 9.17) is 9.84 Å². The highest BCUT2D eigenvalue weighted by Crippen LogP contribution is 2.33. The van der Waals surface area contributed by atoms with E-state index in [2.05, 4.69) is 0 Å². The molecule has 1 aliphatic rings. The van der Waals surface area contributed by atoms with Crippen molar-refractivity contribution in [3.8, 4) is 0 Å². The highest BCUT2D eigenvalue weighted by molar-refractivity contribution is 7.99. The van der Waals surface area contributed by atoms with Crippen LogP contribution in [0.15, 0.2) is 29.2 Å². The van der Waals surface area contributed by atoms with E-state index >= 15 is 0 Å². The number of rotatable bonds is 4. The predicted octanol–water partition coefficient (Wildman–Crippen LogP) is -0.513. The Balaban J connectivity index is 2.08. The number of benzene rings is 1. The Morgan fingerprint density at radius 3 is 2.29 bits per heavy atom. The molecule has 1 saturated heterocycles. The highest BCUT2D eigenvalue weighted by Gasteiger charge is 2.43. The van der Waals surface area contributed by atoms with E-state index in [1.807, 2.05) is 0 Å². The summed E-state index contributed by atoms with van der Waals surface area (Å²) in [4.78, 5) is 10.6. The molecular weight excluding hydrogens is 302 g/mol. The van der Waals surface area contributed by atoms with E-state index < -0.39 is 41.4 Å². The maximum atomic E-state index is 10.6. The molecule has 1 aliphatic heterocycles. The monoisotopic (exact) mass is 317 g/mol. The zero-order valence-corrected chi connectivity index (χ0v) is 11.6. The van der Waals surface area contributed by atoms with Crippen LogP contribution in [0, 0.1) is 10.1 Å². The SMILES string of the molecule is O=[N+]([O-])c1ccc(S[C@H]2OC(CO)[C@@H](O)[C@@H](O)C2O)cc1. The van der Waals surface area contributed by atoms with Crippen LogP contribution in [0.25, 0.3) is 0 Å². The van der Waals surface area contributed by atoms with E-state index in [1.165, 1.54) is 24.3 Å². The first-order valence-electron chi connectivity index (χ1n) is 6.15. The zero-order chi connectivity index (χ0) is 15.6. The molecule has 0 bridgehead atoms. The largest absolute Gasteiger partial charge is 0.394 e. The lowest BCUT2D eigenvalue weighted by Crippen LogP contribution is -2.57. The second-order valence-electron chi connectivity index (χ2n) is 4.57. The molecule has 116 valence electrons. The van der Waals surface area contributed by atoms with Gasteiger partial charge in [0.2, 0.25) is 0 Å². The number of nitro groups is 1. The summed E-state index contributed by atoms with van der Waals surface area (Å²) in [5.74, 6) is 0. The van der Waals surface area contributed by atoms with Crippen molar-refractivity contribution in [2.24, 2.45) is 0 Å². The minimum Gasteiger partial charge on any atom is -0.394 e. The number of aliphatic hydroxyl groups excluding tert-OH is 4. The lowest BCUT2D eigenvalue weighted by Gasteiger charge is -2.39. The van der Waals surface area contributed by atoms with Gasteiger partial charge in [-0.3, -0.25) is 10.1 Å². The van der Waals surface area contributed by atoms with Gasteiger partial charge in [-0.15, -0.1) is 0 Å². The Morgan fingerprint density at radius 2 is 1.76 bits per heavy atom. The van der Waals surface area contributed by atoms with Gasteiger partial charge in [0, 0.05) is 17.0 Å². The van der Waals surface area contributed by atoms with Gasteiger partial charge in [-0.2, -0.15) is 0 Å². The molecule has 1 aromatic rings. The number of hydrogen-bond donors (Lipinski definition) is 4. The van der Waals surface area contributed by atoms with Crippen molar-refractivity contribution in [2.75, 3.05) is 6.61 Å². The average molecular weight is 317 g/mol. The Kier molecular flexibility index (Phi) is 5.14. The summed E-state index contributed by atoms with van der Waals surface area (Å²) in [5, 5.41) is 48.9. The van der Waals surface area contributed by atoms with E-state index in [0.29, 0.717) is 4.90 Å². The molecule has 2 rings (SSSR count). The molecule has 5 atom stereocenters. The molecule has 1 heterocycles. The summed E-state index contributed by atoms with van der Waals surface area (Å²) in [5.41, 5.74) is -0.963. The minimum atomic E-state index is -1.44. The number of aliphatic hydroxyl groups is 4. The van der Waals surface area contributed by atoms with Gasteiger partial charge in [-0.1, -0.05) is 11.8 Å². The molecule has 0 spiro atoms. The van der Waals surface area contributed by atoms with Crippen molar-refractivity contribution >= 4 is 17.4 Å². The molecule has 4 N–H and O–H groups in total. The van der Waals surface area contributed by atoms with Crippen LogP contribution in [0.2, 0.25) is 0 Å². The van der Waals surface area contributed by atoms with Crippen molar-refractivity contribution in [1.82, 2.24) is 0 Å². The van der Waals surface area contributed by atoms with Crippen LogP contribution in [0.3, 0.4) is 0 Å². The third-order valence-corrected chi connectivity index (χ3v) is 4.31. The molecule has 0 aliphatic carbocycles. The molecule has 1 fully saturated rings. The summed E-state index contributed by atoms with van der Waals surface area (Å²) in [6.45, 7) is -0.498. The van der Waals surface area contributed by atoms with Crippen molar-refractivity contribution in [1.29, 1.82) is 0 Å². The standard InChI is InChI=1S/C12H15NO7S/c14-5-8-9(15)10(16)11(17)12(20-8)21-7-3-1-6(2-4-7)13(18)19/h1-4,8-12,14-17H,5H2/t8?,9-,10-,11?,12-/m1/s1. The topological polar surface area (TPSA) is 133 Å². The second kappa shape index (κ2) is 6.69. The number of nitrogens with zero attached hydrogens (tertiary/aromatic N) is 1. The van der Waals surface area contributed by atoms with Crippen LogP contribution in [0.4, 0.5) is 5.69 Å². The number of thioether (sulfide) groups is 1. The van der Waals surface area contributed by atoms with Crippen molar-refractivity contribution in [2.45, 2.75) is 34.7 Å². The van der Waals surface area contributed by atoms with E-state index in [1.54, 1.807) is 0 Å². The maximum absolute atomic E-state index is 10.6. The molecule has 21 heavy (non-hydrogen) atoms. The molecule has 0 amide bonds. The molecular formula is C12H15NO7S. The summed E-state index contributed by atoms with van der Waals surface area (Å²) in [6.07, 6.45) is -5.16. The molecule has 0 aromatic heterocycles. The third-order valence-electron chi connectivity index (χ3n) is 3.15. The average Bonchev–Trinajstić information content (AvgIpc) is 2.48. The summed E-state index contributed by atoms with van der Waals surface area (Å²) >= 11 is 1.04. The van der Waals surface area contributed by atoms with Gasteiger partial charge in [0.25, 0.3) is 5.69 Å². The zero-order valence-electron chi connectivity index (χ0n) is 10.8. The molecule has 2 unspecified atom stereocenters. The fourth-order valence-electron chi connectivity index (χ4n) is 1.95. The highest BCUT2D eigenvalue weighted by atomic mass is 32.2. The van der Waals surface area contributed by atoms with Gasteiger partial charge < -0.3 is 25.2 Å². The van der Waals surface area contributed by atoms with E-state index in [9.17, 15) is 25.4 Å². The number of non-ortho nitro benzene ring substituents is 1. The molecule has 0 saturated carbocycles. The summed E-state index contributed by atoms with van der Waals surface area (Å²) in [7, 11) is 0. The van der Waals surface area contributed by atoms with Crippen molar-refractivity contribution < 1.29 is 30.1 Å². The smallest absolute Gasteiger partial charge is 0.269 e. The van der Waals surface area contributed by atoms with Crippen LogP contribution < -0.4 is 0 Å². The van der Waals surface area contributed by atoms with Crippen LogP contribution in [-0.2, 0) is 4.74 Å². The number of hydrogen-bond acceptors (Lipinski definition) is 8. The first-order valence-corrected chi connectivity index (χ1v) is 7.03.